The molecule has 0 saturated carbocycles. The van der Waals surface area contributed by atoms with Crippen LogP contribution in [0.3, 0.4) is 0 Å². The molecule has 104 valence electrons. The van der Waals surface area contributed by atoms with Crippen molar-refractivity contribution in [3.8, 4) is 0 Å². The van der Waals surface area contributed by atoms with Gasteiger partial charge in [0.05, 0.1) is 5.69 Å². The first kappa shape index (κ1) is 13.0. The molecule has 3 rings (SSSR count). The van der Waals surface area contributed by atoms with Crippen molar-refractivity contribution in [2.75, 3.05) is 18.0 Å². The van der Waals surface area contributed by atoms with E-state index < -0.39 is 0 Å². The Labute approximate surface area is 121 Å². The molecule has 2 aromatic rings. The van der Waals surface area contributed by atoms with Crippen LogP contribution in [0.15, 0.2) is 24.4 Å². The Morgan fingerprint density at radius 2 is 2.40 bits per heavy atom. The summed E-state index contributed by atoms with van der Waals surface area (Å²) in [6.45, 7) is 3.49. The quantitative estimate of drug-likeness (QED) is 0.921. The molecule has 20 heavy (non-hydrogen) atoms. The fourth-order valence-corrected chi connectivity index (χ4v) is 2.88. The van der Waals surface area contributed by atoms with E-state index in [1.807, 2.05) is 18.2 Å². The molecule has 6 nitrogen and oxygen atoms in total. The summed E-state index contributed by atoms with van der Waals surface area (Å²) in [5, 5.41) is 6.91. The van der Waals surface area contributed by atoms with E-state index in [0.29, 0.717) is 10.6 Å². The highest BCUT2D eigenvalue weighted by atomic mass is 32.1. The van der Waals surface area contributed by atoms with E-state index in [4.69, 9.17) is 0 Å². The van der Waals surface area contributed by atoms with Crippen molar-refractivity contribution in [1.29, 1.82) is 0 Å². The number of anilines is 1. The fraction of sp³-hybridized carbons (Fsp3) is 0.385. The molecule has 0 unspecified atom stereocenters. The van der Waals surface area contributed by atoms with Gasteiger partial charge in [0.25, 0.3) is 5.91 Å². The smallest absolute Gasteiger partial charge is 0.265 e. The van der Waals surface area contributed by atoms with Crippen LogP contribution in [0, 0.1) is 6.92 Å². The normalized spacial score (nSPS) is 18.2. The Hall–Kier alpha value is -2.02. The van der Waals surface area contributed by atoms with E-state index in [9.17, 15) is 4.79 Å². The van der Waals surface area contributed by atoms with Crippen LogP contribution in [0.5, 0.6) is 0 Å². The van der Waals surface area contributed by atoms with Gasteiger partial charge in [-0.2, -0.15) is 0 Å². The van der Waals surface area contributed by atoms with E-state index in [0.717, 1.165) is 36.9 Å². The number of hydrogen-bond acceptors (Lipinski definition) is 6. The van der Waals surface area contributed by atoms with Crippen molar-refractivity contribution in [1.82, 2.24) is 19.9 Å². The maximum Gasteiger partial charge on any atom is 0.265 e. The monoisotopic (exact) mass is 289 g/mol. The summed E-state index contributed by atoms with van der Waals surface area (Å²) in [7, 11) is 0. The molecule has 0 radical (unpaired) electrons. The number of carbonyl (C=O) groups excluding carboxylic acids is 1. The van der Waals surface area contributed by atoms with Crippen molar-refractivity contribution >= 4 is 23.3 Å². The molecule has 1 aliphatic heterocycles. The molecule has 1 aliphatic rings. The molecule has 1 atom stereocenters. The lowest BCUT2D eigenvalue weighted by Gasteiger charge is -2.17. The van der Waals surface area contributed by atoms with Gasteiger partial charge in [0.2, 0.25) is 0 Å². The van der Waals surface area contributed by atoms with Gasteiger partial charge in [0.15, 0.2) is 0 Å². The standard InChI is InChI=1S/C13H15N5OS/c1-9-12(20-17-16-9)13(19)15-10-5-7-18(8-10)11-4-2-3-6-14-11/h2-4,6,10H,5,7-8H2,1H3,(H,15,19)/t10-/m0/s1. The van der Waals surface area contributed by atoms with Crippen LogP contribution in [0.2, 0.25) is 0 Å². The van der Waals surface area contributed by atoms with Crippen molar-refractivity contribution < 1.29 is 4.79 Å². The molecule has 0 aromatic carbocycles. The van der Waals surface area contributed by atoms with E-state index in [1.165, 1.54) is 0 Å². The van der Waals surface area contributed by atoms with Crippen molar-refractivity contribution in [3.05, 3.63) is 35.0 Å². The van der Waals surface area contributed by atoms with Gasteiger partial charge < -0.3 is 10.2 Å². The summed E-state index contributed by atoms with van der Waals surface area (Å²) in [5.74, 6) is 0.880. The summed E-state index contributed by atoms with van der Waals surface area (Å²) >= 11 is 1.14. The maximum absolute atomic E-state index is 12.1. The van der Waals surface area contributed by atoms with Gasteiger partial charge in [-0.1, -0.05) is 10.6 Å². The second-order valence-corrected chi connectivity index (χ2v) is 5.53. The molecule has 0 bridgehead atoms. The lowest BCUT2D eigenvalue weighted by atomic mass is 10.2. The Balaban J connectivity index is 1.61. The third-order valence-corrected chi connectivity index (χ3v) is 4.18. The summed E-state index contributed by atoms with van der Waals surface area (Å²) in [6.07, 6.45) is 2.71. The van der Waals surface area contributed by atoms with Gasteiger partial charge >= 0.3 is 0 Å². The minimum absolute atomic E-state index is 0.0784. The van der Waals surface area contributed by atoms with Crippen molar-refractivity contribution in [2.24, 2.45) is 0 Å². The number of hydrogen-bond donors (Lipinski definition) is 1. The first-order chi connectivity index (χ1) is 9.74. The Bertz CT molecular complexity index is 600. The second kappa shape index (κ2) is 5.54. The molecule has 0 aliphatic carbocycles. The van der Waals surface area contributed by atoms with Gasteiger partial charge in [0.1, 0.15) is 10.7 Å². The largest absolute Gasteiger partial charge is 0.354 e. The number of aryl methyl sites for hydroxylation is 1. The first-order valence-electron chi connectivity index (χ1n) is 6.50. The minimum Gasteiger partial charge on any atom is -0.354 e. The predicted octanol–water partition coefficient (Wildman–Crippen LogP) is 1.25. The van der Waals surface area contributed by atoms with E-state index >= 15 is 0 Å². The molecule has 2 aromatic heterocycles. The molecule has 7 heteroatoms. The van der Waals surface area contributed by atoms with Crippen LogP contribution in [0.1, 0.15) is 21.8 Å². The van der Waals surface area contributed by atoms with Gasteiger partial charge in [0, 0.05) is 25.3 Å². The molecule has 1 amide bonds. The van der Waals surface area contributed by atoms with Crippen LogP contribution in [0.25, 0.3) is 0 Å². The van der Waals surface area contributed by atoms with Crippen molar-refractivity contribution in [3.63, 3.8) is 0 Å². The average Bonchev–Trinajstić information content (AvgIpc) is 3.09. The first-order valence-corrected chi connectivity index (χ1v) is 7.27. The van der Waals surface area contributed by atoms with E-state index in [2.05, 4.69) is 24.8 Å². The number of nitrogens with one attached hydrogen (secondary N) is 1. The number of nitrogens with zero attached hydrogens (tertiary/aromatic N) is 4. The number of amides is 1. The van der Waals surface area contributed by atoms with Crippen LogP contribution >= 0.6 is 11.5 Å². The zero-order valence-corrected chi connectivity index (χ0v) is 11.9. The zero-order valence-electron chi connectivity index (χ0n) is 11.1. The van der Waals surface area contributed by atoms with Crippen LogP contribution < -0.4 is 10.2 Å². The third-order valence-electron chi connectivity index (χ3n) is 3.35. The van der Waals surface area contributed by atoms with Crippen LogP contribution in [-0.4, -0.2) is 39.6 Å². The summed E-state index contributed by atoms with van der Waals surface area (Å²) < 4.78 is 3.79. The average molecular weight is 289 g/mol. The summed E-state index contributed by atoms with van der Waals surface area (Å²) in [6, 6.07) is 6.01. The Kier molecular flexibility index (Phi) is 3.60. The lowest BCUT2D eigenvalue weighted by Crippen LogP contribution is -2.37. The van der Waals surface area contributed by atoms with Crippen LogP contribution in [0.4, 0.5) is 5.82 Å². The number of aromatic nitrogens is 3. The summed E-state index contributed by atoms with van der Waals surface area (Å²) in [4.78, 5) is 19.2. The summed E-state index contributed by atoms with van der Waals surface area (Å²) in [5.41, 5.74) is 0.687. The van der Waals surface area contributed by atoms with Gasteiger partial charge in [-0.15, -0.1) is 5.10 Å². The van der Waals surface area contributed by atoms with E-state index in [-0.39, 0.29) is 11.9 Å². The number of pyridine rings is 1. The molecule has 3 heterocycles. The molecule has 1 N–H and O–H groups in total. The number of carbonyl (C=O) groups is 1. The Morgan fingerprint density at radius 3 is 3.10 bits per heavy atom. The highest BCUT2D eigenvalue weighted by molar-refractivity contribution is 7.08. The zero-order chi connectivity index (χ0) is 13.9. The Morgan fingerprint density at radius 1 is 1.50 bits per heavy atom. The topological polar surface area (TPSA) is 71.0 Å². The molecular formula is C13H15N5OS. The third kappa shape index (κ3) is 2.62. The molecule has 0 spiro atoms. The van der Waals surface area contributed by atoms with Gasteiger partial charge in [-0.05, 0) is 37.0 Å². The second-order valence-electron chi connectivity index (χ2n) is 4.78. The highest BCUT2D eigenvalue weighted by Crippen LogP contribution is 2.18. The number of rotatable bonds is 3. The van der Waals surface area contributed by atoms with Crippen molar-refractivity contribution in [2.45, 2.75) is 19.4 Å². The molecular weight excluding hydrogens is 274 g/mol. The minimum atomic E-state index is -0.0784. The fourth-order valence-electron chi connectivity index (χ4n) is 2.32. The predicted molar refractivity (Wildman–Crippen MR) is 77.0 cm³/mol. The van der Waals surface area contributed by atoms with Gasteiger partial charge in [-0.25, -0.2) is 4.98 Å². The molecule has 1 fully saturated rings. The molecule has 1 saturated heterocycles. The maximum atomic E-state index is 12.1. The van der Waals surface area contributed by atoms with Gasteiger partial charge in [-0.3, -0.25) is 4.79 Å². The van der Waals surface area contributed by atoms with E-state index in [1.54, 1.807) is 13.1 Å². The lowest BCUT2D eigenvalue weighted by molar-refractivity contribution is 0.0943. The SMILES string of the molecule is Cc1nnsc1C(=O)N[C@H]1CCN(c2ccccn2)C1. The van der Waals surface area contributed by atoms with Crippen LogP contribution in [-0.2, 0) is 0 Å². The highest BCUT2D eigenvalue weighted by Gasteiger charge is 2.26.